The summed E-state index contributed by atoms with van der Waals surface area (Å²) in [5.41, 5.74) is 10.6. The lowest BCUT2D eigenvalue weighted by atomic mass is 10.0. The minimum atomic E-state index is -0.559. The number of carbonyl (C=O) groups excluding carboxylic acids is 1. The minimum absolute atomic E-state index is 0.559. The number of primary amides is 1. The molecule has 0 spiro atoms. The highest BCUT2D eigenvalue weighted by molar-refractivity contribution is 5.88. The first-order valence-corrected chi connectivity index (χ1v) is 6.52. The average molecular weight is 269 g/mol. The molecule has 2 amide bonds. The normalized spacial score (nSPS) is 10.1. The van der Waals surface area contributed by atoms with Gasteiger partial charge in [-0.15, -0.1) is 0 Å². The molecule has 0 aliphatic carbocycles. The lowest BCUT2D eigenvalue weighted by Crippen LogP contribution is -2.19. The third-order valence-electron chi connectivity index (χ3n) is 3.33. The second kappa shape index (κ2) is 6.10. The third kappa shape index (κ3) is 3.51. The van der Waals surface area contributed by atoms with Crippen molar-refractivity contribution in [2.75, 3.05) is 10.6 Å². The molecule has 104 valence electrons. The highest BCUT2D eigenvalue weighted by Crippen LogP contribution is 2.18. The van der Waals surface area contributed by atoms with Crippen LogP contribution in [0.15, 0.2) is 42.5 Å². The maximum atomic E-state index is 10.8. The van der Waals surface area contributed by atoms with Crippen molar-refractivity contribution in [3.05, 3.63) is 59.2 Å². The van der Waals surface area contributed by atoms with Crippen LogP contribution >= 0.6 is 0 Å². The molecule has 0 aromatic heterocycles. The molecule has 0 atom stereocenters. The Bertz CT molecular complexity index is 623. The Morgan fingerprint density at radius 1 is 1.10 bits per heavy atom. The van der Waals surface area contributed by atoms with Crippen molar-refractivity contribution in [3.8, 4) is 0 Å². The molecular formula is C16H19N3O. The molecule has 20 heavy (non-hydrogen) atoms. The van der Waals surface area contributed by atoms with E-state index in [1.54, 1.807) is 6.07 Å². The number of hydrogen-bond donors (Lipinski definition) is 3. The van der Waals surface area contributed by atoms with E-state index in [4.69, 9.17) is 5.73 Å². The van der Waals surface area contributed by atoms with Crippen molar-refractivity contribution in [3.63, 3.8) is 0 Å². The second-order valence-electron chi connectivity index (χ2n) is 4.78. The zero-order chi connectivity index (χ0) is 14.5. The molecule has 2 aromatic rings. The molecule has 0 saturated carbocycles. The van der Waals surface area contributed by atoms with Crippen molar-refractivity contribution < 1.29 is 4.79 Å². The largest absolute Gasteiger partial charge is 0.381 e. The fourth-order valence-electron chi connectivity index (χ4n) is 2.05. The number of anilines is 2. The number of rotatable bonds is 4. The Kier molecular flexibility index (Phi) is 4.25. The molecule has 0 aliphatic heterocycles. The molecular weight excluding hydrogens is 250 g/mol. The van der Waals surface area contributed by atoms with Crippen LogP contribution in [-0.2, 0) is 6.54 Å². The van der Waals surface area contributed by atoms with Crippen molar-refractivity contribution in [1.82, 2.24) is 0 Å². The molecule has 0 bridgehead atoms. The molecule has 0 unspecified atom stereocenters. The molecule has 2 aromatic carbocycles. The van der Waals surface area contributed by atoms with Gasteiger partial charge in [-0.2, -0.15) is 0 Å². The quantitative estimate of drug-likeness (QED) is 0.796. The number of benzene rings is 2. The van der Waals surface area contributed by atoms with Crippen LogP contribution in [0.2, 0.25) is 0 Å². The van der Waals surface area contributed by atoms with Crippen molar-refractivity contribution in [2.45, 2.75) is 20.4 Å². The molecule has 0 radical (unpaired) electrons. The Morgan fingerprint density at radius 3 is 2.55 bits per heavy atom. The van der Waals surface area contributed by atoms with Gasteiger partial charge in [-0.1, -0.05) is 24.3 Å². The summed E-state index contributed by atoms with van der Waals surface area (Å²) in [5.74, 6) is 0. The van der Waals surface area contributed by atoms with Crippen LogP contribution in [0, 0.1) is 13.8 Å². The van der Waals surface area contributed by atoms with Gasteiger partial charge in [-0.3, -0.25) is 0 Å². The van der Waals surface area contributed by atoms with Gasteiger partial charge in [0.15, 0.2) is 0 Å². The maximum absolute atomic E-state index is 10.8. The number of nitrogens with one attached hydrogen (secondary N) is 2. The minimum Gasteiger partial charge on any atom is -0.381 e. The zero-order valence-corrected chi connectivity index (χ0v) is 11.7. The van der Waals surface area contributed by atoms with Crippen molar-refractivity contribution in [2.24, 2.45) is 5.73 Å². The zero-order valence-electron chi connectivity index (χ0n) is 11.7. The van der Waals surface area contributed by atoms with Crippen LogP contribution in [-0.4, -0.2) is 6.03 Å². The molecule has 4 N–H and O–H groups in total. The van der Waals surface area contributed by atoms with E-state index < -0.39 is 6.03 Å². The van der Waals surface area contributed by atoms with E-state index in [2.05, 4.69) is 42.7 Å². The van der Waals surface area contributed by atoms with Crippen molar-refractivity contribution >= 4 is 17.4 Å². The Balaban J connectivity index is 2.07. The summed E-state index contributed by atoms with van der Waals surface area (Å²) in [6.45, 7) is 4.97. The van der Waals surface area contributed by atoms with E-state index in [0.29, 0.717) is 5.69 Å². The Hall–Kier alpha value is -2.49. The third-order valence-corrected chi connectivity index (χ3v) is 3.33. The van der Waals surface area contributed by atoms with Crippen LogP contribution in [0.1, 0.15) is 16.7 Å². The van der Waals surface area contributed by atoms with Gasteiger partial charge in [-0.25, -0.2) is 4.79 Å². The average Bonchev–Trinajstić information content (AvgIpc) is 2.40. The standard InChI is InChI=1S/C16H19N3O/c1-11-5-3-6-13(12(11)2)10-18-14-7-4-8-15(9-14)19-16(17)20/h3-9,18H,10H2,1-2H3,(H3,17,19,20). The van der Waals surface area contributed by atoms with Gasteiger partial charge >= 0.3 is 6.03 Å². The van der Waals surface area contributed by atoms with Crippen LogP contribution in [0.4, 0.5) is 16.2 Å². The molecule has 4 nitrogen and oxygen atoms in total. The monoisotopic (exact) mass is 269 g/mol. The molecule has 0 saturated heterocycles. The molecule has 2 rings (SSSR count). The topological polar surface area (TPSA) is 67.2 Å². The summed E-state index contributed by atoms with van der Waals surface area (Å²) in [7, 11) is 0. The van der Waals surface area contributed by atoms with Gasteiger partial charge in [0.25, 0.3) is 0 Å². The van der Waals surface area contributed by atoms with Crippen LogP contribution < -0.4 is 16.4 Å². The Labute approximate surface area is 119 Å². The number of aryl methyl sites for hydroxylation is 1. The van der Waals surface area contributed by atoms with Crippen LogP contribution in [0.25, 0.3) is 0 Å². The highest BCUT2D eigenvalue weighted by Gasteiger charge is 2.02. The second-order valence-corrected chi connectivity index (χ2v) is 4.78. The first-order valence-electron chi connectivity index (χ1n) is 6.52. The number of amides is 2. The van der Waals surface area contributed by atoms with Crippen molar-refractivity contribution in [1.29, 1.82) is 0 Å². The summed E-state index contributed by atoms with van der Waals surface area (Å²) in [4.78, 5) is 10.8. The van der Waals surface area contributed by atoms with E-state index in [-0.39, 0.29) is 0 Å². The SMILES string of the molecule is Cc1cccc(CNc2cccc(NC(N)=O)c2)c1C. The fraction of sp³-hybridized carbons (Fsp3) is 0.188. The van der Waals surface area contributed by atoms with Crippen LogP contribution in [0.5, 0.6) is 0 Å². The summed E-state index contributed by atoms with van der Waals surface area (Å²) >= 11 is 0. The summed E-state index contributed by atoms with van der Waals surface area (Å²) in [6, 6.07) is 13.2. The lowest BCUT2D eigenvalue weighted by Gasteiger charge is -2.12. The van der Waals surface area contributed by atoms with E-state index in [0.717, 1.165) is 12.2 Å². The first kappa shape index (κ1) is 13.9. The molecule has 0 fully saturated rings. The lowest BCUT2D eigenvalue weighted by molar-refractivity contribution is 0.259. The van der Waals surface area contributed by atoms with Gasteiger partial charge < -0.3 is 16.4 Å². The Morgan fingerprint density at radius 2 is 1.80 bits per heavy atom. The van der Waals surface area contributed by atoms with E-state index in [9.17, 15) is 4.79 Å². The van der Waals surface area contributed by atoms with E-state index in [1.807, 2.05) is 18.2 Å². The molecule has 4 heteroatoms. The number of urea groups is 1. The summed E-state index contributed by atoms with van der Waals surface area (Å²) in [5, 5.41) is 5.91. The van der Waals surface area contributed by atoms with Gasteiger partial charge in [0.05, 0.1) is 0 Å². The first-order chi connectivity index (χ1) is 9.56. The maximum Gasteiger partial charge on any atom is 0.316 e. The number of nitrogens with two attached hydrogens (primary N) is 1. The van der Waals surface area contributed by atoms with Crippen LogP contribution in [0.3, 0.4) is 0 Å². The summed E-state index contributed by atoms with van der Waals surface area (Å²) < 4.78 is 0. The molecule has 0 aliphatic rings. The predicted molar refractivity (Wildman–Crippen MR) is 82.9 cm³/mol. The summed E-state index contributed by atoms with van der Waals surface area (Å²) in [6.07, 6.45) is 0. The van der Waals surface area contributed by atoms with Gasteiger partial charge in [0, 0.05) is 17.9 Å². The smallest absolute Gasteiger partial charge is 0.316 e. The van der Waals surface area contributed by atoms with Gasteiger partial charge in [0.2, 0.25) is 0 Å². The van der Waals surface area contributed by atoms with Gasteiger partial charge in [0.1, 0.15) is 0 Å². The highest BCUT2D eigenvalue weighted by atomic mass is 16.2. The number of carbonyl (C=O) groups is 1. The van der Waals surface area contributed by atoms with E-state index >= 15 is 0 Å². The van der Waals surface area contributed by atoms with E-state index in [1.165, 1.54) is 16.7 Å². The predicted octanol–water partition coefficient (Wildman–Crippen LogP) is 3.41. The van der Waals surface area contributed by atoms with Gasteiger partial charge in [-0.05, 0) is 48.7 Å². The molecule has 0 heterocycles. The number of hydrogen-bond acceptors (Lipinski definition) is 2. The fourth-order valence-corrected chi connectivity index (χ4v) is 2.05.